The van der Waals surface area contributed by atoms with Gasteiger partial charge in [0.15, 0.2) is 11.6 Å². The highest BCUT2D eigenvalue weighted by atomic mass is 28.3. The Balaban J connectivity index is 1.50. The van der Waals surface area contributed by atoms with Gasteiger partial charge in [0.2, 0.25) is 0 Å². The molecule has 0 atom stereocenters. The molecule has 30 heavy (non-hydrogen) atoms. The molecule has 4 heteroatoms. The monoisotopic (exact) mass is 417 g/mol. The number of benzene rings is 3. The Morgan fingerprint density at radius 2 is 1.70 bits per heavy atom. The third kappa shape index (κ3) is 6.79. The second-order valence-electron chi connectivity index (χ2n) is 7.02. The predicted octanol–water partition coefficient (Wildman–Crippen LogP) is 6.66. The number of halogens is 1. The summed E-state index contributed by atoms with van der Waals surface area (Å²) >= 11 is 0. The van der Waals surface area contributed by atoms with Gasteiger partial charge in [-0.25, -0.2) is 4.39 Å². The summed E-state index contributed by atoms with van der Waals surface area (Å²) in [5.41, 5.74) is 5.51. The molecule has 0 spiro atoms. The quantitative estimate of drug-likeness (QED) is 0.301. The predicted molar refractivity (Wildman–Crippen MR) is 122 cm³/mol. The molecule has 0 saturated heterocycles. The van der Waals surface area contributed by atoms with Crippen LogP contribution in [0.5, 0.6) is 17.2 Å². The Morgan fingerprint density at radius 3 is 2.43 bits per heavy atom. The smallest absolute Gasteiger partial charge is 0.165 e. The van der Waals surface area contributed by atoms with Crippen molar-refractivity contribution in [1.29, 1.82) is 0 Å². The lowest BCUT2D eigenvalue weighted by Crippen LogP contribution is -2.04. The van der Waals surface area contributed by atoms with Crippen LogP contribution in [0.15, 0.2) is 72.8 Å². The summed E-state index contributed by atoms with van der Waals surface area (Å²) in [6, 6.07) is 23.4. The van der Waals surface area contributed by atoms with Crippen LogP contribution in [0.3, 0.4) is 0 Å². The Hall–Kier alpha value is -3.03. The zero-order valence-electron chi connectivity index (χ0n) is 17.5. The molecule has 0 aromatic heterocycles. The fraction of sp³-hybridized carbons (Fsp3) is 0.231. The van der Waals surface area contributed by atoms with Crippen LogP contribution >= 0.6 is 0 Å². The molecule has 0 aliphatic carbocycles. The van der Waals surface area contributed by atoms with E-state index in [4.69, 9.17) is 9.47 Å². The van der Waals surface area contributed by atoms with E-state index in [2.05, 4.69) is 18.0 Å². The number of aryl methyl sites for hydroxylation is 1. The summed E-state index contributed by atoms with van der Waals surface area (Å²) < 4.78 is 25.2. The molecular weight excluding hydrogens is 391 g/mol. The molecule has 0 bridgehead atoms. The molecule has 0 fully saturated rings. The number of hydrogen-bond donors (Lipinski definition) is 0. The molecule has 3 aromatic carbocycles. The maximum absolute atomic E-state index is 14.1. The summed E-state index contributed by atoms with van der Waals surface area (Å²) in [4.78, 5) is 0. The SMILES string of the molecule is CCOc1ccc(C#C[Si](C)CCCc2ccc(F)c(Oc3ccccc3)c2)cc1. The molecule has 0 N–H and O–H groups in total. The second-order valence-corrected chi connectivity index (χ2v) is 9.33. The van der Waals surface area contributed by atoms with Crippen LogP contribution in [0.25, 0.3) is 0 Å². The van der Waals surface area contributed by atoms with Gasteiger partial charge >= 0.3 is 0 Å². The van der Waals surface area contributed by atoms with E-state index in [-0.39, 0.29) is 11.6 Å². The van der Waals surface area contributed by atoms with Gasteiger partial charge < -0.3 is 9.47 Å². The molecule has 0 amide bonds. The number of para-hydroxylation sites is 1. The van der Waals surface area contributed by atoms with Gasteiger partial charge in [-0.2, -0.15) is 0 Å². The van der Waals surface area contributed by atoms with Gasteiger partial charge in [-0.15, -0.1) is 5.54 Å². The van der Waals surface area contributed by atoms with Crippen LogP contribution in [0.1, 0.15) is 24.5 Å². The highest BCUT2D eigenvalue weighted by Gasteiger charge is 2.07. The van der Waals surface area contributed by atoms with Crippen LogP contribution in [0.4, 0.5) is 4.39 Å². The Labute approximate surface area is 180 Å². The third-order valence-electron chi connectivity index (χ3n) is 4.57. The zero-order chi connectivity index (χ0) is 21.2. The molecule has 3 rings (SSSR count). The molecule has 153 valence electrons. The van der Waals surface area contributed by atoms with E-state index in [1.165, 1.54) is 6.07 Å². The van der Waals surface area contributed by atoms with Crippen molar-refractivity contribution in [3.63, 3.8) is 0 Å². The van der Waals surface area contributed by atoms with E-state index >= 15 is 0 Å². The van der Waals surface area contributed by atoms with Crippen molar-refractivity contribution in [1.82, 2.24) is 0 Å². The fourth-order valence-electron chi connectivity index (χ4n) is 3.00. The highest BCUT2D eigenvalue weighted by molar-refractivity contribution is 6.66. The first-order valence-corrected chi connectivity index (χ1v) is 12.4. The Bertz CT molecular complexity index is 991. The molecule has 2 nitrogen and oxygen atoms in total. The molecule has 0 saturated carbocycles. The normalized spacial score (nSPS) is 10.4. The fourth-order valence-corrected chi connectivity index (χ4v) is 4.19. The van der Waals surface area contributed by atoms with Gasteiger partial charge in [0, 0.05) is 5.56 Å². The number of rotatable bonds is 8. The third-order valence-corrected chi connectivity index (χ3v) is 6.22. The maximum Gasteiger partial charge on any atom is 0.165 e. The van der Waals surface area contributed by atoms with Gasteiger partial charge in [0.05, 0.1) is 6.61 Å². The average Bonchev–Trinajstić information content (AvgIpc) is 2.76. The lowest BCUT2D eigenvalue weighted by atomic mass is 10.1. The topological polar surface area (TPSA) is 18.5 Å². The van der Waals surface area contributed by atoms with E-state index in [0.717, 1.165) is 35.8 Å². The van der Waals surface area contributed by atoms with Crippen molar-refractivity contribution < 1.29 is 13.9 Å². The van der Waals surface area contributed by atoms with Crippen molar-refractivity contribution in [3.8, 4) is 28.7 Å². The first-order valence-electron chi connectivity index (χ1n) is 10.2. The van der Waals surface area contributed by atoms with E-state index < -0.39 is 8.80 Å². The first kappa shape index (κ1) is 21.7. The molecule has 0 heterocycles. The lowest BCUT2D eigenvalue weighted by molar-refractivity contribution is 0.340. The van der Waals surface area contributed by atoms with Crippen LogP contribution < -0.4 is 9.47 Å². The minimum atomic E-state index is -0.741. The summed E-state index contributed by atoms with van der Waals surface area (Å²) in [5.74, 6) is 4.72. The number of ether oxygens (including phenoxy) is 2. The average molecular weight is 418 g/mol. The summed E-state index contributed by atoms with van der Waals surface area (Å²) in [6.07, 6.45) is 1.91. The maximum atomic E-state index is 14.1. The van der Waals surface area contributed by atoms with Gasteiger partial charge in [0.25, 0.3) is 0 Å². The lowest BCUT2D eigenvalue weighted by Gasteiger charge is -2.09. The summed E-state index contributed by atoms with van der Waals surface area (Å²) in [5, 5.41) is 0. The molecule has 0 unspecified atom stereocenters. The van der Waals surface area contributed by atoms with E-state index in [0.29, 0.717) is 12.4 Å². The van der Waals surface area contributed by atoms with E-state index in [1.807, 2.05) is 67.6 Å². The van der Waals surface area contributed by atoms with Crippen molar-refractivity contribution >= 4 is 8.80 Å². The van der Waals surface area contributed by atoms with Crippen molar-refractivity contribution in [2.24, 2.45) is 0 Å². The first-order chi connectivity index (χ1) is 14.6. The van der Waals surface area contributed by atoms with Gasteiger partial charge in [-0.05, 0) is 73.5 Å². The van der Waals surface area contributed by atoms with Crippen molar-refractivity contribution in [2.45, 2.75) is 32.4 Å². The number of hydrogen-bond acceptors (Lipinski definition) is 2. The van der Waals surface area contributed by atoms with Crippen LogP contribution in [-0.2, 0) is 6.42 Å². The molecule has 0 aliphatic heterocycles. The standard InChI is InChI=1S/C26H26FO2Si/c1-3-28-23-14-11-21(12-15-23)17-19-30(2)18-7-8-22-13-16-25(27)26(20-22)29-24-9-5-4-6-10-24/h4-6,9-16,20H,3,7-8,18H2,1-2H3. The zero-order valence-corrected chi connectivity index (χ0v) is 18.5. The highest BCUT2D eigenvalue weighted by Crippen LogP contribution is 2.26. The van der Waals surface area contributed by atoms with E-state index in [9.17, 15) is 4.39 Å². The van der Waals surface area contributed by atoms with Gasteiger partial charge in [-0.1, -0.05) is 43.2 Å². The Morgan fingerprint density at radius 1 is 0.933 bits per heavy atom. The summed E-state index contributed by atoms with van der Waals surface area (Å²) in [7, 11) is -0.741. The summed E-state index contributed by atoms with van der Waals surface area (Å²) in [6.45, 7) is 4.88. The molecular formula is C26H26FO2Si. The van der Waals surface area contributed by atoms with Crippen LogP contribution in [0, 0.1) is 17.3 Å². The Kier molecular flexibility index (Phi) is 8.11. The molecule has 3 aromatic rings. The largest absolute Gasteiger partial charge is 0.494 e. The van der Waals surface area contributed by atoms with Crippen molar-refractivity contribution in [2.75, 3.05) is 6.61 Å². The van der Waals surface area contributed by atoms with Crippen LogP contribution in [-0.4, -0.2) is 15.4 Å². The van der Waals surface area contributed by atoms with E-state index in [1.54, 1.807) is 6.07 Å². The minimum Gasteiger partial charge on any atom is -0.494 e. The van der Waals surface area contributed by atoms with Gasteiger partial charge in [-0.3, -0.25) is 0 Å². The minimum absolute atomic E-state index is 0.274. The van der Waals surface area contributed by atoms with Gasteiger partial charge in [0.1, 0.15) is 20.3 Å². The second kappa shape index (κ2) is 11.2. The molecule has 1 radical (unpaired) electrons. The van der Waals surface area contributed by atoms with Crippen molar-refractivity contribution in [3.05, 3.63) is 89.7 Å². The van der Waals surface area contributed by atoms with Crippen LogP contribution in [0.2, 0.25) is 12.6 Å². The molecule has 0 aliphatic rings.